The first-order valence-corrected chi connectivity index (χ1v) is 7.36. The molecule has 0 radical (unpaired) electrons. The second-order valence-electron chi connectivity index (χ2n) is 4.66. The minimum absolute atomic E-state index is 0.265. The lowest BCUT2D eigenvalue weighted by molar-refractivity contribution is 0.404. The fourth-order valence-corrected chi connectivity index (χ4v) is 2.54. The van der Waals surface area contributed by atoms with Gasteiger partial charge in [0.1, 0.15) is 0 Å². The van der Waals surface area contributed by atoms with E-state index in [2.05, 4.69) is 29.4 Å². The van der Waals surface area contributed by atoms with Crippen molar-refractivity contribution in [3.63, 3.8) is 0 Å². The Balaban J connectivity index is 2.46. The number of hydrogen-bond donors (Lipinski definition) is 1. The standard InChI is InChI=1S/C13H17Cl2N5/c1-3-5-9(4-2)20-13(17-18-19-20)8-6-10(14)12(15)11(16)7-8/h6-7,9H,3-5,16H2,1-2H3. The maximum absolute atomic E-state index is 6.07. The molecule has 0 spiro atoms. The molecule has 0 fully saturated rings. The van der Waals surface area contributed by atoms with Crippen molar-refractivity contribution in [1.82, 2.24) is 20.2 Å². The second kappa shape index (κ2) is 6.41. The number of halogens is 2. The molecule has 1 unspecified atom stereocenters. The summed E-state index contributed by atoms with van der Waals surface area (Å²) in [7, 11) is 0. The molecule has 108 valence electrons. The van der Waals surface area contributed by atoms with Gasteiger partial charge in [-0.3, -0.25) is 0 Å². The molecule has 2 rings (SSSR count). The van der Waals surface area contributed by atoms with E-state index in [1.54, 1.807) is 12.1 Å². The fourth-order valence-electron chi connectivity index (χ4n) is 2.20. The van der Waals surface area contributed by atoms with Gasteiger partial charge < -0.3 is 5.73 Å². The van der Waals surface area contributed by atoms with Crippen molar-refractivity contribution in [3.05, 3.63) is 22.2 Å². The minimum Gasteiger partial charge on any atom is -0.397 e. The van der Waals surface area contributed by atoms with Gasteiger partial charge in [0.15, 0.2) is 5.82 Å². The first-order valence-electron chi connectivity index (χ1n) is 6.61. The van der Waals surface area contributed by atoms with Crippen molar-refractivity contribution < 1.29 is 0 Å². The smallest absolute Gasteiger partial charge is 0.182 e. The van der Waals surface area contributed by atoms with Crippen molar-refractivity contribution in [2.45, 2.75) is 39.2 Å². The van der Waals surface area contributed by atoms with Crippen molar-refractivity contribution in [2.75, 3.05) is 5.73 Å². The number of nitrogens with two attached hydrogens (primary N) is 1. The molecule has 0 aliphatic heterocycles. The molecular formula is C13H17Cl2N5. The molecule has 7 heteroatoms. The average molecular weight is 314 g/mol. The summed E-state index contributed by atoms with van der Waals surface area (Å²) in [6, 6.07) is 3.75. The third kappa shape index (κ3) is 2.88. The maximum atomic E-state index is 6.07. The largest absolute Gasteiger partial charge is 0.397 e. The van der Waals surface area contributed by atoms with E-state index in [-0.39, 0.29) is 6.04 Å². The van der Waals surface area contributed by atoms with Crippen LogP contribution in [0.1, 0.15) is 39.2 Å². The van der Waals surface area contributed by atoms with E-state index in [9.17, 15) is 0 Å². The van der Waals surface area contributed by atoms with Gasteiger partial charge in [-0.1, -0.05) is 43.5 Å². The Morgan fingerprint density at radius 2 is 2.05 bits per heavy atom. The summed E-state index contributed by atoms with van der Waals surface area (Å²) >= 11 is 12.0. The highest BCUT2D eigenvalue weighted by atomic mass is 35.5. The van der Waals surface area contributed by atoms with Gasteiger partial charge >= 0.3 is 0 Å². The molecule has 0 amide bonds. The van der Waals surface area contributed by atoms with Crippen LogP contribution in [0.4, 0.5) is 5.69 Å². The van der Waals surface area contributed by atoms with E-state index in [1.165, 1.54) is 0 Å². The van der Waals surface area contributed by atoms with Crippen molar-refractivity contribution >= 4 is 28.9 Å². The fraction of sp³-hybridized carbons (Fsp3) is 0.462. The van der Waals surface area contributed by atoms with Crippen LogP contribution in [0.5, 0.6) is 0 Å². The Kier molecular flexibility index (Phi) is 4.83. The molecule has 20 heavy (non-hydrogen) atoms. The van der Waals surface area contributed by atoms with Crippen LogP contribution in [0, 0.1) is 0 Å². The second-order valence-corrected chi connectivity index (χ2v) is 5.44. The molecule has 0 saturated heterocycles. The van der Waals surface area contributed by atoms with Crippen LogP contribution < -0.4 is 5.73 Å². The van der Waals surface area contributed by atoms with E-state index in [0.29, 0.717) is 21.6 Å². The van der Waals surface area contributed by atoms with E-state index in [1.807, 2.05) is 4.68 Å². The Labute approximate surface area is 128 Å². The average Bonchev–Trinajstić information content (AvgIpc) is 2.90. The zero-order chi connectivity index (χ0) is 14.7. The first kappa shape index (κ1) is 15.1. The van der Waals surface area contributed by atoms with Gasteiger partial charge in [-0.15, -0.1) is 5.10 Å². The van der Waals surface area contributed by atoms with Crippen LogP contribution in [0.3, 0.4) is 0 Å². The quantitative estimate of drug-likeness (QED) is 0.847. The van der Waals surface area contributed by atoms with Gasteiger partial charge in [-0.2, -0.15) is 0 Å². The van der Waals surface area contributed by atoms with Crippen LogP contribution in [0.2, 0.25) is 10.0 Å². The summed E-state index contributed by atoms with van der Waals surface area (Å²) in [5, 5.41) is 12.7. The van der Waals surface area contributed by atoms with Crippen LogP contribution in [0.25, 0.3) is 11.4 Å². The number of tetrazole rings is 1. The van der Waals surface area contributed by atoms with Gasteiger partial charge in [0, 0.05) is 5.56 Å². The van der Waals surface area contributed by atoms with Crippen LogP contribution in [0.15, 0.2) is 12.1 Å². The molecule has 2 aromatic rings. The van der Waals surface area contributed by atoms with E-state index < -0.39 is 0 Å². The number of nitrogens with zero attached hydrogens (tertiary/aromatic N) is 4. The molecular weight excluding hydrogens is 297 g/mol. The van der Waals surface area contributed by atoms with Crippen LogP contribution >= 0.6 is 23.2 Å². The Morgan fingerprint density at radius 1 is 1.30 bits per heavy atom. The highest BCUT2D eigenvalue weighted by Gasteiger charge is 2.18. The Hall–Kier alpha value is -1.33. The number of hydrogen-bond acceptors (Lipinski definition) is 4. The molecule has 0 aliphatic rings. The minimum atomic E-state index is 0.265. The molecule has 0 bridgehead atoms. The zero-order valence-corrected chi connectivity index (χ0v) is 13.0. The van der Waals surface area contributed by atoms with Gasteiger partial charge in [0.2, 0.25) is 0 Å². The van der Waals surface area contributed by atoms with Gasteiger partial charge in [0.25, 0.3) is 0 Å². The Morgan fingerprint density at radius 3 is 2.65 bits per heavy atom. The molecule has 5 nitrogen and oxygen atoms in total. The highest BCUT2D eigenvalue weighted by molar-refractivity contribution is 6.43. The Bertz CT molecular complexity index is 573. The summed E-state index contributed by atoms with van der Waals surface area (Å²) < 4.78 is 1.84. The number of aromatic nitrogens is 4. The summed E-state index contributed by atoms with van der Waals surface area (Å²) in [5.41, 5.74) is 7.05. The van der Waals surface area contributed by atoms with Gasteiger partial charge in [-0.05, 0) is 35.4 Å². The predicted octanol–water partition coefficient (Wildman–Crippen LogP) is 3.98. The number of nitrogen functional groups attached to an aromatic ring is 1. The van der Waals surface area contributed by atoms with E-state index in [4.69, 9.17) is 28.9 Å². The van der Waals surface area contributed by atoms with E-state index >= 15 is 0 Å². The molecule has 2 N–H and O–H groups in total. The lowest BCUT2D eigenvalue weighted by Gasteiger charge is -2.16. The normalized spacial score (nSPS) is 12.6. The zero-order valence-electron chi connectivity index (χ0n) is 11.5. The third-order valence-electron chi connectivity index (χ3n) is 3.25. The summed E-state index contributed by atoms with van der Waals surface area (Å²) in [6.45, 7) is 4.26. The lowest BCUT2D eigenvalue weighted by atomic mass is 10.1. The maximum Gasteiger partial charge on any atom is 0.182 e. The third-order valence-corrected chi connectivity index (χ3v) is 4.06. The van der Waals surface area contributed by atoms with Gasteiger partial charge in [0.05, 0.1) is 21.8 Å². The topological polar surface area (TPSA) is 69.6 Å². The van der Waals surface area contributed by atoms with Crippen LogP contribution in [-0.2, 0) is 0 Å². The predicted molar refractivity (Wildman–Crippen MR) is 81.9 cm³/mol. The van der Waals surface area contributed by atoms with Crippen molar-refractivity contribution in [1.29, 1.82) is 0 Å². The molecule has 1 aromatic carbocycles. The van der Waals surface area contributed by atoms with Crippen LogP contribution in [-0.4, -0.2) is 20.2 Å². The summed E-state index contributed by atoms with van der Waals surface area (Å²) in [4.78, 5) is 0. The molecule has 1 heterocycles. The molecule has 1 atom stereocenters. The monoisotopic (exact) mass is 313 g/mol. The van der Waals surface area contributed by atoms with Gasteiger partial charge in [-0.25, -0.2) is 4.68 Å². The number of benzene rings is 1. The lowest BCUT2D eigenvalue weighted by Crippen LogP contribution is -2.11. The van der Waals surface area contributed by atoms with E-state index in [0.717, 1.165) is 24.8 Å². The SMILES string of the molecule is CCCC(CC)n1nnnc1-c1cc(N)c(Cl)c(Cl)c1. The molecule has 0 saturated carbocycles. The summed E-state index contributed by atoms with van der Waals surface area (Å²) in [5.74, 6) is 0.663. The number of anilines is 1. The van der Waals surface area contributed by atoms with Crippen molar-refractivity contribution in [3.8, 4) is 11.4 Å². The molecule has 0 aliphatic carbocycles. The first-order chi connectivity index (χ1) is 9.58. The van der Waals surface area contributed by atoms with Crippen molar-refractivity contribution in [2.24, 2.45) is 0 Å². The highest BCUT2D eigenvalue weighted by Crippen LogP contribution is 2.34. The molecule has 1 aromatic heterocycles. The number of rotatable bonds is 5. The summed E-state index contributed by atoms with van der Waals surface area (Å²) in [6.07, 6.45) is 3.05.